The van der Waals surface area contributed by atoms with Gasteiger partial charge in [-0.3, -0.25) is 4.79 Å². The Labute approximate surface area is 94.3 Å². The van der Waals surface area contributed by atoms with Crippen molar-refractivity contribution in [2.75, 3.05) is 0 Å². The van der Waals surface area contributed by atoms with E-state index in [0.717, 1.165) is 3.79 Å². The van der Waals surface area contributed by atoms with E-state index in [4.69, 9.17) is 5.11 Å². The number of nitrogens with one attached hydrogen (secondary N) is 1. The van der Waals surface area contributed by atoms with Crippen molar-refractivity contribution in [3.05, 3.63) is 20.8 Å². The molecule has 1 saturated carbocycles. The van der Waals surface area contributed by atoms with Gasteiger partial charge in [-0.2, -0.15) is 0 Å². The van der Waals surface area contributed by atoms with Gasteiger partial charge in [0.2, 0.25) is 0 Å². The molecule has 0 atom stereocenters. The topological polar surface area (TPSA) is 49.3 Å². The van der Waals surface area contributed by atoms with Gasteiger partial charge in [0.15, 0.2) is 0 Å². The summed E-state index contributed by atoms with van der Waals surface area (Å²) < 4.78 is 0.955. The van der Waals surface area contributed by atoms with Gasteiger partial charge in [-0.25, -0.2) is 0 Å². The molecule has 0 aromatic carbocycles. The molecule has 1 aliphatic carbocycles. The minimum Gasteiger partial charge on any atom is -0.393 e. The molecule has 0 unspecified atom stereocenters. The number of carbonyl (C=O) groups is 1. The Bertz CT molecular complexity index is 346. The lowest BCUT2D eigenvalue weighted by Crippen LogP contribution is -2.46. The van der Waals surface area contributed by atoms with Gasteiger partial charge >= 0.3 is 0 Å². The lowest BCUT2D eigenvalue weighted by atomic mass is 9.89. The van der Waals surface area contributed by atoms with E-state index in [1.165, 1.54) is 11.3 Å². The Balaban J connectivity index is 1.90. The highest BCUT2D eigenvalue weighted by Crippen LogP contribution is 2.24. The van der Waals surface area contributed by atoms with Crippen LogP contribution >= 0.6 is 27.3 Å². The Kier molecular flexibility index (Phi) is 2.90. The molecule has 14 heavy (non-hydrogen) atoms. The van der Waals surface area contributed by atoms with E-state index in [-0.39, 0.29) is 18.1 Å². The predicted molar refractivity (Wildman–Crippen MR) is 58.5 cm³/mol. The third-order valence-electron chi connectivity index (χ3n) is 2.25. The van der Waals surface area contributed by atoms with E-state index < -0.39 is 0 Å². The SMILES string of the molecule is O=C(NC1CC(O)C1)c1ccc(Br)s1. The highest BCUT2D eigenvalue weighted by Gasteiger charge is 2.28. The van der Waals surface area contributed by atoms with Crippen LogP contribution in [0.2, 0.25) is 0 Å². The van der Waals surface area contributed by atoms with Gasteiger partial charge in [-0.05, 0) is 40.9 Å². The van der Waals surface area contributed by atoms with Gasteiger partial charge in [0.1, 0.15) is 0 Å². The van der Waals surface area contributed by atoms with E-state index in [0.29, 0.717) is 17.7 Å². The van der Waals surface area contributed by atoms with Crippen molar-refractivity contribution in [2.45, 2.75) is 25.0 Å². The Morgan fingerprint density at radius 2 is 2.29 bits per heavy atom. The number of hydrogen-bond donors (Lipinski definition) is 2. The second kappa shape index (κ2) is 4.00. The zero-order valence-corrected chi connectivity index (χ0v) is 9.77. The number of aliphatic hydroxyl groups is 1. The summed E-state index contributed by atoms with van der Waals surface area (Å²) in [6.07, 6.45) is 1.13. The van der Waals surface area contributed by atoms with E-state index in [9.17, 15) is 4.79 Å². The number of rotatable bonds is 2. The summed E-state index contributed by atoms with van der Waals surface area (Å²) in [6, 6.07) is 3.80. The summed E-state index contributed by atoms with van der Waals surface area (Å²) in [5, 5.41) is 11.9. The molecule has 1 aliphatic rings. The van der Waals surface area contributed by atoms with Crippen molar-refractivity contribution in [1.29, 1.82) is 0 Å². The molecular weight excluding hydrogens is 266 g/mol. The van der Waals surface area contributed by atoms with Gasteiger partial charge in [0.25, 0.3) is 5.91 Å². The molecule has 1 amide bonds. The zero-order valence-electron chi connectivity index (χ0n) is 7.37. The largest absolute Gasteiger partial charge is 0.393 e. The lowest BCUT2D eigenvalue weighted by molar-refractivity contribution is 0.0564. The highest BCUT2D eigenvalue weighted by atomic mass is 79.9. The number of carbonyl (C=O) groups excluding carboxylic acids is 1. The van der Waals surface area contributed by atoms with Gasteiger partial charge in [-0.1, -0.05) is 0 Å². The summed E-state index contributed by atoms with van der Waals surface area (Å²) in [7, 11) is 0. The maximum absolute atomic E-state index is 11.6. The van der Waals surface area contributed by atoms with Crippen molar-refractivity contribution < 1.29 is 9.90 Å². The van der Waals surface area contributed by atoms with Crippen LogP contribution in [0.4, 0.5) is 0 Å². The molecule has 0 radical (unpaired) electrons. The molecule has 5 heteroatoms. The number of thiophene rings is 1. The molecule has 1 heterocycles. The molecule has 3 nitrogen and oxygen atoms in total. The minimum absolute atomic E-state index is 0.0439. The highest BCUT2D eigenvalue weighted by molar-refractivity contribution is 9.11. The van der Waals surface area contributed by atoms with E-state index in [1.54, 1.807) is 6.07 Å². The molecule has 2 N–H and O–H groups in total. The summed E-state index contributed by atoms with van der Waals surface area (Å²) in [6.45, 7) is 0. The molecule has 0 saturated heterocycles. The number of halogens is 1. The van der Waals surface area contributed by atoms with Crippen molar-refractivity contribution in [3.63, 3.8) is 0 Å². The van der Waals surface area contributed by atoms with Crippen LogP contribution in [0.5, 0.6) is 0 Å². The van der Waals surface area contributed by atoms with E-state index in [2.05, 4.69) is 21.2 Å². The summed E-state index contributed by atoms with van der Waals surface area (Å²) in [5.74, 6) is -0.0439. The molecule has 2 rings (SSSR count). The average molecular weight is 276 g/mol. The first kappa shape index (κ1) is 10.1. The van der Waals surface area contributed by atoms with Crippen molar-refractivity contribution in [1.82, 2.24) is 5.32 Å². The molecule has 1 fully saturated rings. The Morgan fingerprint density at radius 1 is 1.57 bits per heavy atom. The maximum atomic E-state index is 11.6. The van der Waals surface area contributed by atoms with Crippen molar-refractivity contribution in [2.24, 2.45) is 0 Å². The number of amides is 1. The van der Waals surface area contributed by atoms with Crippen LogP contribution in [0.3, 0.4) is 0 Å². The van der Waals surface area contributed by atoms with Gasteiger partial charge in [0, 0.05) is 6.04 Å². The zero-order chi connectivity index (χ0) is 10.1. The molecule has 0 bridgehead atoms. The number of hydrogen-bond acceptors (Lipinski definition) is 3. The average Bonchev–Trinajstić information content (AvgIpc) is 2.49. The standard InChI is InChI=1S/C9H10BrNO2S/c10-8-2-1-7(14-8)9(13)11-5-3-6(12)4-5/h1-2,5-6,12H,3-4H2,(H,11,13). The van der Waals surface area contributed by atoms with Crippen LogP contribution < -0.4 is 5.32 Å². The van der Waals surface area contributed by atoms with Gasteiger partial charge in [0.05, 0.1) is 14.8 Å². The second-order valence-electron chi connectivity index (χ2n) is 3.40. The first-order chi connectivity index (χ1) is 6.65. The maximum Gasteiger partial charge on any atom is 0.261 e. The Hall–Kier alpha value is -0.390. The summed E-state index contributed by atoms with van der Waals surface area (Å²) in [4.78, 5) is 12.3. The predicted octanol–water partition coefficient (Wildman–Crippen LogP) is 1.76. The number of aliphatic hydroxyl groups excluding tert-OH is 1. The fraction of sp³-hybridized carbons (Fsp3) is 0.444. The first-order valence-corrected chi connectivity index (χ1v) is 6.00. The molecule has 1 aromatic heterocycles. The third-order valence-corrected chi connectivity index (χ3v) is 3.87. The molecule has 76 valence electrons. The fourth-order valence-corrected chi connectivity index (χ4v) is 2.69. The van der Waals surface area contributed by atoms with Crippen molar-refractivity contribution >= 4 is 33.2 Å². The summed E-state index contributed by atoms with van der Waals surface area (Å²) in [5.41, 5.74) is 0. The summed E-state index contributed by atoms with van der Waals surface area (Å²) >= 11 is 4.72. The quantitative estimate of drug-likeness (QED) is 0.864. The molecular formula is C9H10BrNO2S. The third kappa shape index (κ3) is 2.16. The second-order valence-corrected chi connectivity index (χ2v) is 5.86. The van der Waals surface area contributed by atoms with Gasteiger partial charge < -0.3 is 10.4 Å². The van der Waals surface area contributed by atoms with E-state index >= 15 is 0 Å². The van der Waals surface area contributed by atoms with Gasteiger partial charge in [-0.15, -0.1) is 11.3 Å². The smallest absolute Gasteiger partial charge is 0.261 e. The van der Waals surface area contributed by atoms with Crippen LogP contribution in [-0.4, -0.2) is 23.2 Å². The molecule has 1 aromatic rings. The first-order valence-electron chi connectivity index (χ1n) is 4.39. The Morgan fingerprint density at radius 3 is 2.79 bits per heavy atom. The molecule has 0 aliphatic heterocycles. The van der Waals surface area contributed by atoms with Crippen LogP contribution in [-0.2, 0) is 0 Å². The van der Waals surface area contributed by atoms with E-state index in [1.807, 2.05) is 6.07 Å². The monoisotopic (exact) mass is 275 g/mol. The van der Waals surface area contributed by atoms with Crippen molar-refractivity contribution in [3.8, 4) is 0 Å². The van der Waals surface area contributed by atoms with Crippen LogP contribution in [0.25, 0.3) is 0 Å². The fourth-order valence-electron chi connectivity index (χ4n) is 1.40. The van der Waals surface area contributed by atoms with Crippen LogP contribution in [0, 0.1) is 0 Å². The van der Waals surface area contributed by atoms with Crippen LogP contribution in [0.1, 0.15) is 22.5 Å². The normalized spacial score (nSPS) is 25.6. The lowest BCUT2D eigenvalue weighted by Gasteiger charge is -2.31. The van der Waals surface area contributed by atoms with Crippen LogP contribution in [0.15, 0.2) is 15.9 Å². The minimum atomic E-state index is -0.227. The molecule has 0 spiro atoms.